The molecule has 1 N–H and O–H groups in total. The van der Waals surface area contributed by atoms with Crippen molar-refractivity contribution in [1.29, 1.82) is 0 Å². The molecule has 1 rings (SSSR count). The van der Waals surface area contributed by atoms with E-state index in [2.05, 4.69) is 65.2 Å². The average molecular weight is 303 g/mol. The lowest BCUT2D eigenvalue weighted by Gasteiger charge is -2.35. The van der Waals surface area contributed by atoms with Crippen LogP contribution in [0.25, 0.3) is 0 Å². The van der Waals surface area contributed by atoms with Gasteiger partial charge in [-0.1, -0.05) is 0 Å². The van der Waals surface area contributed by atoms with E-state index in [4.69, 9.17) is 4.74 Å². The van der Waals surface area contributed by atoms with Crippen LogP contribution in [0, 0.1) is 5.92 Å². The van der Waals surface area contributed by atoms with Crippen LogP contribution in [0.5, 0.6) is 0 Å². The van der Waals surface area contributed by atoms with Gasteiger partial charge in [0.05, 0.1) is 11.2 Å². The van der Waals surface area contributed by atoms with Gasteiger partial charge in [-0.3, -0.25) is 0 Å². The first-order chi connectivity index (χ1) is 9.15. The number of thioether (sulfide) groups is 1. The highest BCUT2D eigenvalue weighted by molar-refractivity contribution is 7.98. The van der Waals surface area contributed by atoms with Crippen molar-refractivity contribution < 1.29 is 4.74 Å². The zero-order valence-corrected chi connectivity index (χ0v) is 15.4. The van der Waals surface area contributed by atoms with Gasteiger partial charge in [0.25, 0.3) is 0 Å². The fourth-order valence-electron chi connectivity index (χ4n) is 3.58. The van der Waals surface area contributed by atoms with Crippen molar-refractivity contribution in [2.45, 2.75) is 64.3 Å². The van der Waals surface area contributed by atoms with Crippen molar-refractivity contribution in [2.75, 3.05) is 32.6 Å². The van der Waals surface area contributed by atoms with E-state index in [-0.39, 0.29) is 11.2 Å². The first-order valence-electron chi connectivity index (χ1n) is 7.72. The third-order valence-electron chi connectivity index (χ3n) is 4.86. The Morgan fingerprint density at radius 3 is 2.35 bits per heavy atom. The molecular weight excluding hydrogens is 268 g/mol. The predicted octanol–water partition coefficient (Wildman–Crippen LogP) is 2.85. The second-order valence-electron chi connectivity index (χ2n) is 7.25. The lowest BCUT2D eigenvalue weighted by molar-refractivity contribution is -0.0795. The first kappa shape index (κ1) is 18.3. The summed E-state index contributed by atoms with van der Waals surface area (Å²) in [6.45, 7) is 12.3. The molecule has 0 aromatic rings. The molecule has 0 aromatic carbocycles. The van der Waals surface area contributed by atoms with Crippen molar-refractivity contribution in [3.05, 3.63) is 0 Å². The van der Waals surface area contributed by atoms with Crippen molar-refractivity contribution in [2.24, 2.45) is 5.92 Å². The predicted molar refractivity (Wildman–Crippen MR) is 90.7 cm³/mol. The van der Waals surface area contributed by atoms with Crippen LogP contribution >= 0.6 is 11.8 Å². The van der Waals surface area contributed by atoms with Crippen molar-refractivity contribution in [3.8, 4) is 0 Å². The second-order valence-corrected chi connectivity index (χ2v) is 8.24. The Kier molecular flexibility index (Phi) is 6.39. The first-order valence-corrected chi connectivity index (χ1v) is 9.11. The van der Waals surface area contributed by atoms with Crippen LogP contribution in [-0.2, 0) is 4.74 Å². The average Bonchev–Trinajstić information content (AvgIpc) is 2.50. The third kappa shape index (κ3) is 4.12. The Labute approximate surface area is 130 Å². The van der Waals surface area contributed by atoms with Gasteiger partial charge in [0.1, 0.15) is 0 Å². The van der Waals surface area contributed by atoms with Crippen LogP contribution in [0.4, 0.5) is 0 Å². The zero-order valence-electron chi connectivity index (χ0n) is 14.6. The van der Waals surface area contributed by atoms with Crippen molar-refractivity contribution in [3.63, 3.8) is 0 Å². The maximum absolute atomic E-state index is 6.32. The van der Waals surface area contributed by atoms with Crippen molar-refractivity contribution >= 4 is 11.8 Å². The summed E-state index contributed by atoms with van der Waals surface area (Å²) in [5.41, 5.74) is -0.184. The molecule has 1 aliphatic rings. The summed E-state index contributed by atoms with van der Waals surface area (Å²) >= 11 is 1.93. The van der Waals surface area contributed by atoms with Crippen LogP contribution < -0.4 is 5.32 Å². The van der Waals surface area contributed by atoms with E-state index >= 15 is 0 Å². The normalized spacial score (nSPS) is 29.9. The number of likely N-dealkylation sites (N-methyl/N-ethyl adjacent to an activating group) is 1. The number of hydrogen-bond donors (Lipinski definition) is 1. The number of ether oxygens (including phenoxy) is 1. The maximum atomic E-state index is 6.32. The highest BCUT2D eigenvalue weighted by atomic mass is 32.2. The van der Waals surface area contributed by atoms with Gasteiger partial charge in [-0.25, -0.2) is 0 Å². The highest BCUT2D eigenvalue weighted by Gasteiger charge is 2.53. The number of nitrogens with zero attached hydrogens (tertiary/aromatic N) is 1. The quantitative estimate of drug-likeness (QED) is 0.781. The van der Waals surface area contributed by atoms with E-state index in [0.29, 0.717) is 18.0 Å². The molecule has 0 aromatic heterocycles. The van der Waals surface area contributed by atoms with E-state index in [9.17, 15) is 0 Å². The van der Waals surface area contributed by atoms with Crippen LogP contribution in [-0.4, -0.2) is 60.8 Å². The van der Waals surface area contributed by atoms with Crippen LogP contribution in [0.15, 0.2) is 0 Å². The summed E-state index contributed by atoms with van der Waals surface area (Å²) < 4.78 is 6.32. The standard InChI is InChI=1S/C16H34N2OS/c1-12(9-10-20-8)18(7)11-13-14(17-6)16(4,5)19-15(13,2)3/h12-14,17H,9-11H2,1-8H3. The topological polar surface area (TPSA) is 24.5 Å². The molecule has 1 heterocycles. The lowest BCUT2D eigenvalue weighted by atomic mass is 9.82. The molecule has 0 amide bonds. The molecule has 120 valence electrons. The van der Waals surface area contributed by atoms with E-state index in [1.807, 2.05) is 11.8 Å². The molecule has 0 aliphatic carbocycles. The van der Waals surface area contributed by atoms with Gasteiger partial charge in [0, 0.05) is 24.5 Å². The third-order valence-corrected chi connectivity index (χ3v) is 5.50. The zero-order chi connectivity index (χ0) is 15.6. The number of rotatable bonds is 7. The fourth-order valence-corrected chi connectivity index (χ4v) is 4.15. The van der Waals surface area contributed by atoms with E-state index in [1.165, 1.54) is 12.2 Å². The summed E-state index contributed by atoms with van der Waals surface area (Å²) in [5.74, 6) is 1.74. The van der Waals surface area contributed by atoms with Crippen LogP contribution in [0.1, 0.15) is 41.0 Å². The fraction of sp³-hybridized carbons (Fsp3) is 1.00. The van der Waals surface area contributed by atoms with Crippen LogP contribution in [0.2, 0.25) is 0 Å². The number of hydrogen-bond acceptors (Lipinski definition) is 4. The molecule has 0 bridgehead atoms. The molecule has 0 spiro atoms. The van der Waals surface area contributed by atoms with Gasteiger partial charge in [0.15, 0.2) is 0 Å². The van der Waals surface area contributed by atoms with Crippen molar-refractivity contribution in [1.82, 2.24) is 10.2 Å². The molecule has 0 radical (unpaired) electrons. The Balaban J connectivity index is 2.73. The SMILES string of the molecule is CNC1C(CN(C)C(C)CCSC)C(C)(C)OC1(C)C. The Morgan fingerprint density at radius 1 is 1.25 bits per heavy atom. The molecule has 1 saturated heterocycles. The monoisotopic (exact) mass is 302 g/mol. The number of nitrogens with one attached hydrogen (secondary N) is 1. The Hall–Kier alpha value is 0.230. The van der Waals surface area contributed by atoms with Crippen LogP contribution in [0.3, 0.4) is 0 Å². The summed E-state index contributed by atoms with van der Waals surface area (Å²) in [6.07, 6.45) is 3.43. The highest BCUT2D eigenvalue weighted by Crippen LogP contribution is 2.42. The minimum absolute atomic E-state index is 0.0787. The molecular formula is C16H34N2OS. The maximum Gasteiger partial charge on any atom is 0.0790 e. The minimum atomic E-state index is -0.105. The summed E-state index contributed by atoms with van der Waals surface area (Å²) in [6, 6.07) is 1.02. The molecule has 4 heteroatoms. The van der Waals surface area contributed by atoms with E-state index in [0.717, 1.165) is 6.54 Å². The second kappa shape index (κ2) is 6.99. The molecule has 1 fully saturated rings. The Bertz CT molecular complexity index is 307. The minimum Gasteiger partial charge on any atom is -0.368 e. The van der Waals surface area contributed by atoms with Gasteiger partial charge in [-0.05, 0) is 67.1 Å². The molecule has 20 heavy (non-hydrogen) atoms. The van der Waals surface area contributed by atoms with Gasteiger partial charge in [-0.15, -0.1) is 0 Å². The largest absolute Gasteiger partial charge is 0.368 e. The summed E-state index contributed by atoms with van der Waals surface area (Å²) in [5, 5.41) is 3.49. The lowest BCUT2D eigenvalue weighted by Crippen LogP contribution is -2.50. The molecule has 3 atom stereocenters. The molecule has 0 saturated carbocycles. The molecule has 3 unspecified atom stereocenters. The van der Waals surface area contributed by atoms with E-state index in [1.54, 1.807) is 0 Å². The van der Waals surface area contributed by atoms with E-state index < -0.39 is 0 Å². The summed E-state index contributed by atoms with van der Waals surface area (Å²) in [7, 11) is 4.31. The Morgan fingerprint density at radius 2 is 1.85 bits per heavy atom. The van der Waals surface area contributed by atoms with Gasteiger partial charge in [-0.2, -0.15) is 11.8 Å². The molecule has 3 nitrogen and oxygen atoms in total. The smallest absolute Gasteiger partial charge is 0.0790 e. The molecule has 1 aliphatic heterocycles. The summed E-state index contributed by atoms with van der Waals surface area (Å²) in [4.78, 5) is 2.50. The van der Waals surface area contributed by atoms with Gasteiger partial charge >= 0.3 is 0 Å². The van der Waals surface area contributed by atoms with Gasteiger partial charge < -0.3 is 15.0 Å². The van der Waals surface area contributed by atoms with Gasteiger partial charge in [0.2, 0.25) is 0 Å².